The van der Waals surface area contributed by atoms with Gasteiger partial charge in [0.2, 0.25) is 5.78 Å². The Labute approximate surface area is 227 Å². The van der Waals surface area contributed by atoms with Crippen molar-refractivity contribution in [3.8, 4) is 12.3 Å². The Morgan fingerprint density at radius 2 is 1.74 bits per heavy atom. The van der Waals surface area contributed by atoms with Gasteiger partial charge in [-0.25, -0.2) is 19.6 Å². The van der Waals surface area contributed by atoms with Gasteiger partial charge in [0.25, 0.3) is 0 Å². The molecule has 39 heavy (non-hydrogen) atoms. The topological polar surface area (TPSA) is 125 Å². The van der Waals surface area contributed by atoms with Crippen LogP contribution in [0.1, 0.15) is 63.6 Å². The average molecular weight is 530 g/mol. The zero-order valence-corrected chi connectivity index (χ0v) is 22.4. The van der Waals surface area contributed by atoms with Crippen molar-refractivity contribution < 1.29 is 24.9 Å². The molecule has 8 heteroatoms. The molecule has 3 aromatic rings. The smallest absolute Gasteiger partial charge is 0.414 e. The molecule has 0 aliphatic heterocycles. The van der Waals surface area contributed by atoms with Crippen molar-refractivity contribution in [1.29, 1.82) is 0 Å². The van der Waals surface area contributed by atoms with Gasteiger partial charge < -0.3 is 15.3 Å². The Morgan fingerprint density at radius 3 is 2.46 bits per heavy atom. The monoisotopic (exact) mass is 529 g/mol. The number of aromatic nitrogens is 3. The number of carbonyl (C=O) groups is 2. The lowest BCUT2D eigenvalue weighted by Crippen LogP contribution is -2.56. The van der Waals surface area contributed by atoms with Crippen molar-refractivity contribution in [1.82, 2.24) is 14.4 Å². The summed E-state index contributed by atoms with van der Waals surface area (Å²) < 4.78 is 2.19. The number of para-hydroxylation sites is 2. The standard InChI is InChI=1S/C29H33N3O.C2H2O4/c1-4-29(33)14-12-22-20-10-9-19-15-24-18(16-27(19,2)21(20)11-13-28(22,29)3)17-32-25-8-6-5-7-23(25)30-26(32)31-24;3-1(4)2(5)6/h1,5-8,17,19-22,33H,9-16H2,2-3H3;(H,3,4)(H,5,6)/t19?,20?,21?,22?,27-,28-,29-;/m0./s1. The Hall–Kier alpha value is -3.44. The van der Waals surface area contributed by atoms with Crippen LogP contribution in [0.2, 0.25) is 0 Å². The first-order valence-electron chi connectivity index (χ1n) is 13.9. The summed E-state index contributed by atoms with van der Waals surface area (Å²) in [5.74, 6) is 2.63. The van der Waals surface area contributed by atoms with Crippen LogP contribution >= 0.6 is 0 Å². The number of aliphatic carboxylic acids is 2. The maximum Gasteiger partial charge on any atom is 0.414 e. The maximum atomic E-state index is 11.3. The van der Waals surface area contributed by atoms with E-state index in [4.69, 9.17) is 36.2 Å². The fourth-order valence-electron chi connectivity index (χ4n) is 9.03. The molecule has 3 N–H and O–H groups in total. The van der Waals surface area contributed by atoms with Crippen molar-refractivity contribution in [2.75, 3.05) is 0 Å². The summed E-state index contributed by atoms with van der Waals surface area (Å²) in [6, 6.07) is 8.34. The van der Waals surface area contributed by atoms with Crippen LogP contribution in [0.5, 0.6) is 0 Å². The highest BCUT2D eigenvalue weighted by molar-refractivity contribution is 6.27. The maximum absolute atomic E-state index is 11.3. The van der Waals surface area contributed by atoms with Crippen LogP contribution in [0.25, 0.3) is 16.8 Å². The van der Waals surface area contributed by atoms with Crippen LogP contribution in [0.3, 0.4) is 0 Å². The third kappa shape index (κ3) is 3.70. The van der Waals surface area contributed by atoms with E-state index < -0.39 is 17.5 Å². The van der Waals surface area contributed by atoms with Gasteiger partial charge in [-0.05, 0) is 98.1 Å². The number of carboxylic acids is 2. The largest absolute Gasteiger partial charge is 0.473 e. The molecule has 204 valence electrons. The number of aliphatic hydroxyl groups is 1. The summed E-state index contributed by atoms with van der Waals surface area (Å²) in [6.45, 7) is 4.86. The number of rotatable bonds is 0. The quantitative estimate of drug-likeness (QED) is 0.292. The molecule has 3 saturated carbocycles. The van der Waals surface area contributed by atoms with Crippen LogP contribution in [0.4, 0.5) is 0 Å². The summed E-state index contributed by atoms with van der Waals surface area (Å²) in [4.78, 5) is 28.1. The third-order valence-corrected chi connectivity index (χ3v) is 11.1. The van der Waals surface area contributed by atoms with Crippen molar-refractivity contribution in [3.63, 3.8) is 0 Å². The highest BCUT2D eigenvalue weighted by Gasteiger charge is 2.64. The van der Waals surface area contributed by atoms with Gasteiger partial charge in [-0.2, -0.15) is 0 Å². The van der Waals surface area contributed by atoms with E-state index in [1.54, 1.807) is 0 Å². The minimum Gasteiger partial charge on any atom is -0.473 e. The molecular weight excluding hydrogens is 494 g/mol. The van der Waals surface area contributed by atoms with Crippen molar-refractivity contribution in [2.24, 2.45) is 34.5 Å². The molecule has 7 atom stereocenters. The molecule has 0 saturated heterocycles. The first-order chi connectivity index (χ1) is 18.5. The molecule has 8 nitrogen and oxygen atoms in total. The number of carboxylic acid groups (broad SMARTS) is 2. The first kappa shape index (κ1) is 25.8. The molecule has 0 spiro atoms. The molecule has 4 aliphatic carbocycles. The lowest BCUT2D eigenvalue weighted by atomic mass is 9.44. The number of terminal acetylenes is 1. The molecule has 1 aromatic carbocycles. The Balaban J connectivity index is 0.000000418. The normalized spacial score (nSPS) is 36.5. The van der Waals surface area contributed by atoms with E-state index in [2.05, 4.69) is 48.6 Å². The van der Waals surface area contributed by atoms with Gasteiger partial charge in [-0.3, -0.25) is 4.40 Å². The molecule has 2 aromatic heterocycles. The zero-order valence-electron chi connectivity index (χ0n) is 22.4. The molecule has 7 rings (SSSR count). The minimum atomic E-state index is -1.82. The van der Waals surface area contributed by atoms with Crippen LogP contribution in [-0.4, -0.2) is 47.2 Å². The minimum absolute atomic E-state index is 0.123. The van der Waals surface area contributed by atoms with Crippen molar-refractivity contribution >= 4 is 28.7 Å². The lowest BCUT2D eigenvalue weighted by molar-refractivity contribution is -0.159. The van der Waals surface area contributed by atoms with E-state index in [0.29, 0.717) is 29.1 Å². The zero-order chi connectivity index (χ0) is 27.7. The van der Waals surface area contributed by atoms with Crippen LogP contribution in [-0.2, 0) is 22.4 Å². The Bertz CT molecular complexity index is 1530. The lowest BCUT2D eigenvalue weighted by Gasteiger charge is -2.60. The van der Waals surface area contributed by atoms with Gasteiger partial charge in [0, 0.05) is 17.3 Å². The van der Waals surface area contributed by atoms with Crippen LogP contribution < -0.4 is 0 Å². The molecule has 2 heterocycles. The second-order valence-electron chi connectivity index (χ2n) is 12.6. The fraction of sp³-hybridized carbons (Fsp3) is 0.548. The van der Waals surface area contributed by atoms with E-state index in [-0.39, 0.29) is 5.41 Å². The average Bonchev–Trinajstić information content (AvgIpc) is 3.40. The number of imidazole rings is 1. The van der Waals surface area contributed by atoms with Crippen LogP contribution in [0.15, 0.2) is 30.5 Å². The Morgan fingerprint density at radius 1 is 1.03 bits per heavy atom. The van der Waals surface area contributed by atoms with E-state index in [9.17, 15) is 5.11 Å². The number of hydrogen-bond donors (Lipinski definition) is 3. The fourth-order valence-corrected chi connectivity index (χ4v) is 9.03. The Kier molecular flexibility index (Phi) is 5.82. The highest BCUT2D eigenvalue weighted by Crippen LogP contribution is 2.67. The number of nitrogens with zero attached hydrogens (tertiary/aromatic N) is 3. The van der Waals surface area contributed by atoms with Gasteiger partial charge in [-0.1, -0.05) is 31.9 Å². The summed E-state index contributed by atoms with van der Waals surface area (Å²) in [5, 5.41) is 26.1. The predicted octanol–water partition coefficient (Wildman–Crippen LogP) is 4.36. The molecule has 0 radical (unpaired) electrons. The van der Waals surface area contributed by atoms with Crippen molar-refractivity contribution in [2.45, 2.75) is 70.8 Å². The van der Waals surface area contributed by atoms with Gasteiger partial charge >= 0.3 is 11.9 Å². The first-order valence-corrected chi connectivity index (χ1v) is 13.9. The van der Waals surface area contributed by atoms with Crippen LogP contribution in [0, 0.1) is 46.8 Å². The summed E-state index contributed by atoms with van der Waals surface area (Å²) in [6.07, 6.45) is 17.0. The molecule has 4 aliphatic rings. The number of hydrogen-bond acceptors (Lipinski definition) is 5. The molecule has 0 amide bonds. The van der Waals surface area contributed by atoms with E-state index >= 15 is 0 Å². The van der Waals surface area contributed by atoms with E-state index in [1.807, 2.05) is 6.07 Å². The SMILES string of the molecule is C#C[C@]1(O)CCC2C3CCC4Cc5nc6nc7ccccc7n6cc5C[C@]4(C)C3CC[C@@]21C.O=C(O)C(=O)O. The second-order valence-corrected chi connectivity index (χ2v) is 12.6. The van der Waals surface area contributed by atoms with Gasteiger partial charge in [-0.15, -0.1) is 6.42 Å². The second kappa shape index (κ2) is 8.79. The number of fused-ring (bicyclic) bond motifs is 9. The third-order valence-electron chi connectivity index (χ3n) is 11.1. The van der Waals surface area contributed by atoms with E-state index in [1.165, 1.54) is 30.5 Å². The molecule has 3 fully saturated rings. The molecule has 0 bridgehead atoms. The molecular formula is C31H35N3O5. The summed E-state index contributed by atoms with van der Waals surface area (Å²) >= 11 is 0. The van der Waals surface area contributed by atoms with Gasteiger partial charge in [0.15, 0.2) is 0 Å². The van der Waals surface area contributed by atoms with Gasteiger partial charge in [0.05, 0.1) is 11.0 Å². The van der Waals surface area contributed by atoms with Crippen molar-refractivity contribution in [3.05, 3.63) is 41.7 Å². The summed E-state index contributed by atoms with van der Waals surface area (Å²) in [7, 11) is 0. The number of benzene rings is 1. The highest BCUT2D eigenvalue weighted by atomic mass is 16.4. The summed E-state index contributed by atoms with van der Waals surface area (Å²) in [5.41, 5.74) is 4.08. The van der Waals surface area contributed by atoms with Gasteiger partial charge in [0.1, 0.15) is 5.60 Å². The van der Waals surface area contributed by atoms with E-state index in [0.717, 1.165) is 48.9 Å². The predicted molar refractivity (Wildman–Crippen MR) is 145 cm³/mol. The molecule has 4 unspecified atom stereocenters.